The van der Waals surface area contributed by atoms with Crippen LogP contribution in [0.25, 0.3) is 0 Å². The zero-order valence-corrected chi connectivity index (χ0v) is 25.4. The number of carbonyl (C=O) groups excluding carboxylic acids is 5. The number of hydrogen-bond donors (Lipinski definition) is 2. The van der Waals surface area contributed by atoms with E-state index in [4.69, 9.17) is 4.42 Å². The summed E-state index contributed by atoms with van der Waals surface area (Å²) in [7, 11) is 0. The van der Waals surface area contributed by atoms with Gasteiger partial charge in [-0.2, -0.15) is 0 Å². The Labute approximate surface area is 261 Å². The number of nitrogens with zero attached hydrogens (tertiary/aromatic N) is 3. The third-order valence-corrected chi connectivity index (χ3v) is 11.4. The maximum Gasteiger partial charge on any atom is 0.264 e. The highest BCUT2D eigenvalue weighted by atomic mass is 16.4. The average Bonchev–Trinajstić information content (AvgIpc) is 3.58. The smallest absolute Gasteiger partial charge is 0.264 e. The van der Waals surface area contributed by atoms with Gasteiger partial charge in [0.25, 0.3) is 11.8 Å². The lowest BCUT2D eigenvalue weighted by Crippen LogP contribution is -2.54. The predicted octanol–water partition coefficient (Wildman–Crippen LogP) is 4.00. The Kier molecular flexibility index (Phi) is 6.83. The third kappa shape index (κ3) is 5.04. The number of nitrogens with one attached hydrogen (secondary N) is 2. The van der Waals surface area contributed by atoms with Crippen molar-refractivity contribution >= 4 is 35.2 Å². The van der Waals surface area contributed by atoms with E-state index < -0.39 is 29.7 Å². The Balaban J connectivity index is 0.870. The third-order valence-electron chi connectivity index (χ3n) is 11.4. The molecule has 236 valence electrons. The number of fused-ring (bicyclic) bond motifs is 1. The molecule has 45 heavy (non-hydrogen) atoms. The van der Waals surface area contributed by atoms with Gasteiger partial charge in [0.15, 0.2) is 5.89 Å². The molecule has 2 N–H and O–H groups in total. The molecular formula is C34H39N5O6. The van der Waals surface area contributed by atoms with Crippen molar-refractivity contribution in [3.63, 3.8) is 0 Å². The van der Waals surface area contributed by atoms with Crippen molar-refractivity contribution in [1.82, 2.24) is 20.1 Å². The van der Waals surface area contributed by atoms with Crippen molar-refractivity contribution in [2.24, 2.45) is 23.2 Å². The van der Waals surface area contributed by atoms with E-state index in [2.05, 4.69) is 20.5 Å². The normalized spacial score (nSPS) is 31.0. The fourth-order valence-corrected chi connectivity index (χ4v) is 9.75. The molecule has 7 aliphatic rings. The molecule has 4 saturated carbocycles. The summed E-state index contributed by atoms with van der Waals surface area (Å²) in [6.07, 6.45) is 12.1. The summed E-state index contributed by atoms with van der Waals surface area (Å²) in [5.74, 6) is 2.13. The molecule has 11 heteroatoms. The molecule has 9 rings (SSSR count). The van der Waals surface area contributed by atoms with Crippen molar-refractivity contribution in [3.05, 3.63) is 47.2 Å². The molecule has 2 saturated heterocycles. The van der Waals surface area contributed by atoms with Crippen LogP contribution in [0, 0.1) is 23.2 Å². The highest BCUT2D eigenvalue weighted by Gasteiger charge is 2.52. The second-order valence-electron chi connectivity index (χ2n) is 14.4. The largest absolute Gasteiger partial charge is 0.444 e. The van der Waals surface area contributed by atoms with Crippen molar-refractivity contribution in [2.75, 3.05) is 18.4 Å². The lowest BCUT2D eigenvalue weighted by molar-refractivity contribution is -0.140. The van der Waals surface area contributed by atoms with E-state index in [9.17, 15) is 24.0 Å². The zero-order valence-electron chi connectivity index (χ0n) is 25.4. The Hall–Kier alpha value is -4.02. The van der Waals surface area contributed by atoms with Crippen LogP contribution >= 0.6 is 0 Å². The van der Waals surface area contributed by atoms with Gasteiger partial charge in [0.1, 0.15) is 11.8 Å². The van der Waals surface area contributed by atoms with Crippen LogP contribution in [0.4, 0.5) is 5.69 Å². The van der Waals surface area contributed by atoms with Gasteiger partial charge in [-0.25, -0.2) is 4.98 Å². The van der Waals surface area contributed by atoms with Crippen LogP contribution in [0.5, 0.6) is 0 Å². The molecular weight excluding hydrogens is 574 g/mol. The molecule has 2 aromatic rings. The molecule has 6 fully saturated rings. The maximum absolute atomic E-state index is 13.4. The summed E-state index contributed by atoms with van der Waals surface area (Å²) < 4.78 is 6.12. The van der Waals surface area contributed by atoms with E-state index in [0.29, 0.717) is 23.2 Å². The number of aromatic nitrogens is 1. The summed E-state index contributed by atoms with van der Waals surface area (Å²) in [4.78, 5) is 71.5. The Morgan fingerprint density at radius 3 is 2.38 bits per heavy atom. The topological polar surface area (TPSA) is 142 Å². The first-order valence-electron chi connectivity index (χ1n) is 16.6. The maximum atomic E-state index is 13.4. The number of piperidine rings is 2. The van der Waals surface area contributed by atoms with E-state index in [-0.39, 0.29) is 41.8 Å². The first kappa shape index (κ1) is 28.5. The molecule has 1 unspecified atom stereocenters. The first-order chi connectivity index (χ1) is 21.7. The number of amides is 5. The van der Waals surface area contributed by atoms with Crippen LogP contribution in [0.3, 0.4) is 0 Å². The number of imide groups is 2. The van der Waals surface area contributed by atoms with E-state index >= 15 is 0 Å². The van der Waals surface area contributed by atoms with Crippen molar-refractivity contribution in [1.29, 1.82) is 0 Å². The highest BCUT2D eigenvalue weighted by Crippen LogP contribution is 2.61. The van der Waals surface area contributed by atoms with Gasteiger partial charge < -0.3 is 14.6 Å². The van der Waals surface area contributed by atoms with Gasteiger partial charge in [0, 0.05) is 37.5 Å². The van der Waals surface area contributed by atoms with Gasteiger partial charge in [-0.3, -0.25) is 34.2 Å². The number of anilines is 1. The molecule has 5 amide bonds. The molecule has 1 atom stereocenters. The summed E-state index contributed by atoms with van der Waals surface area (Å²) >= 11 is 0. The number of likely N-dealkylation sites (tertiary alicyclic amines) is 1. The SMILES string of the molecule is O=C1CCC(N2C(=O)c3cccc(NCc4cnc(C5CCN(C(=O)CC67CC8CC(CC(C8)C6)C7)CC5)o4)c3C2=O)C(=O)N1. The van der Waals surface area contributed by atoms with Gasteiger partial charge in [-0.1, -0.05) is 6.07 Å². The van der Waals surface area contributed by atoms with Crippen molar-refractivity contribution < 1.29 is 28.4 Å². The highest BCUT2D eigenvalue weighted by molar-refractivity contribution is 6.25. The van der Waals surface area contributed by atoms with Crippen LogP contribution in [0.1, 0.15) is 109 Å². The molecule has 4 aliphatic carbocycles. The van der Waals surface area contributed by atoms with Gasteiger partial charge in [0.05, 0.1) is 23.9 Å². The van der Waals surface area contributed by atoms with Gasteiger partial charge >= 0.3 is 0 Å². The zero-order chi connectivity index (χ0) is 30.9. The van der Waals surface area contributed by atoms with Crippen LogP contribution < -0.4 is 10.6 Å². The van der Waals surface area contributed by atoms with Crippen molar-refractivity contribution in [2.45, 2.75) is 89.1 Å². The van der Waals surface area contributed by atoms with E-state index in [1.807, 2.05) is 0 Å². The fraction of sp³-hybridized carbons (Fsp3) is 0.588. The molecule has 0 radical (unpaired) electrons. The lowest BCUT2D eigenvalue weighted by atomic mass is 9.49. The van der Waals surface area contributed by atoms with E-state index in [1.54, 1.807) is 24.4 Å². The van der Waals surface area contributed by atoms with Crippen LogP contribution in [0.15, 0.2) is 28.8 Å². The monoisotopic (exact) mass is 613 g/mol. The predicted molar refractivity (Wildman–Crippen MR) is 161 cm³/mol. The summed E-state index contributed by atoms with van der Waals surface area (Å²) in [6.45, 7) is 1.70. The molecule has 3 aliphatic heterocycles. The van der Waals surface area contributed by atoms with Gasteiger partial charge in [-0.05, 0) is 93.1 Å². The lowest BCUT2D eigenvalue weighted by Gasteiger charge is -2.57. The summed E-state index contributed by atoms with van der Waals surface area (Å²) in [6, 6.07) is 3.95. The number of rotatable bonds is 7. The second kappa shape index (κ2) is 10.8. The molecule has 11 nitrogen and oxygen atoms in total. The minimum Gasteiger partial charge on any atom is -0.444 e. The Morgan fingerprint density at radius 2 is 1.69 bits per heavy atom. The first-order valence-corrected chi connectivity index (χ1v) is 16.6. The molecule has 1 aromatic carbocycles. The summed E-state index contributed by atoms with van der Waals surface area (Å²) in [5, 5.41) is 5.43. The fourth-order valence-electron chi connectivity index (χ4n) is 9.75. The molecule has 4 bridgehead atoms. The number of benzene rings is 1. The van der Waals surface area contributed by atoms with E-state index in [1.165, 1.54) is 38.5 Å². The van der Waals surface area contributed by atoms with Crippen LogP contribution in [-0.4, -0.2) is 63.5 Å². The number of carbonyl (C=O) groups is 5. The molecule has 1 aromatic heterocycles. The van der Waals surface area contributed by atoms with E-state index in [0.717, 1.165) is 55.0 Å². The Morgan fingerprint density at radius 1 is 0.978 bits per heavy atom. The van der Waals surface area contributed by atoms with Crippen LogP contribution in [-0.2, 0) is 20.9 Å². The number of hydrogen-bond acceptors (Lipinski definition) is 8. The van der Waals surface area contributed by atoms with Gasteiger partial charge in [-0.15, -0.1) is 0 Å². The number of oxazole rings is 1. The minimum absolute atomic E-state index is 0.0694. The van der Waals surface area contributed by atoms with Crippen molar-refractivity contribution in [3.8, 4) is 0 Å². The average molecular weight is 614 g/mol. The van der Waals surface area contributed by atoms with Gasteiger partial charge in [0.2, 0.25) is 17.7 Å². The Bertz CT molecular complexity index is 1550. The molecule has 0 spiro atoms. The quantitative estimate of drug-likeness (QED) is 0.447. The minimum atomic E-state index is -1.02. The van der Waals surface area contributed by atoms with Crippen LogP contribution in [0.2, 0.25) is 0 Å². The summed E-state index contributed by atoms with van der Waals surface area (Å²) in [5.41, 5.74) is 1.15. The molecule has 4 heterocycles. The second-order valence-corrected chi connectivity index (χ2v) is 14.4. The standard InChI is InChI=1S/C34H39N5O6/c40-27-5-4-26(30(42)37-27)39-32(43)24-2-1-3-25(29(24)33(39)44)35-17-23-18-36-31(45-23)22-6-8-38(9-7-22)28(41)16-34-13-19-10-20(14-34)12-21(11-19)15-34/h1-3,18-22,26,35H,4-17H2,(H,37,40,42).